The fourth-order valence-electron chi connectivity index (χ4n) is 4.24. The predicted molar refractivity (Wildman–Crippen MR) is 117 cm³/mol. The number of carbonyl (C=O) groups excluding carboxylic acids is 1. The molecular formula is C22H31N5O5. The summed E-state index contributed by atoms with van der Waals surface area (Å²) >= 11 is 0. The molecule has 32 heavy (non-hydrogen) atoms. The van der Waals surface area contributed by atoms with Crippen molar-refractivity contribution < 1.29 is 19.0 Å². The molecule has 2 aromatic rings. The van der Waals surface area contributed by atoms with Gasteiger partial charge in [-0.3, -0.25) is 14.3 Å². The number of nitrogens with zero attached hydrogens (tertiary/aromatic N) is 4. The number of likely N-dealkylation sites (tertiary alicyclic amines) is 1. The summed E-state index contributed by atoms with van der Waals surface area (Å²) in [5.74, 6) is 2.52. The molecule has 0 atom stereocenters. The van der Waals surface area contributed by atoms with E-state index in [2.05, 4.69) is 15.3 Å². The van der Waals surface area contributed by atoms with Crippen LogP contribution in [-0.2, 0) is 29.2 Å². The zero-order valence-electron chi connectivity index (χ0n) is 18.7. The van der Waals surface area contributed by atoms with Crippen LogP contribution >= 0.6 is 0 Å². The molecule has 10 heteroatoms. The van der Waals surface area contributed by atoms with Crippen LogP contribution in [0.3, 0.4) is 0 Å². The van der Waals surface area contributed by atoms with Crippen molar-refractivity contribution in [3.8, 4) is 11.5 Å². The van der Waals surface area contributed by atoms with Gasteiger partial charge in [-0.05, 0) is 50.6 Å². The third kappa shape index (κ3) is 4.97. The summed E-state index contributed by atoms with van der Waals surface area (Å²) in [5, 5.41) is 7.56. The Bertz CT molecular complexity index is 993. The lowest BCUT2D eigenvalue weighted by Crippen LogP contribution is -2.41. The Labute approximate surface area is 187 Å². The van der Waals surface area contributed by atoms with Gasteiger partial charge in [0.15, 0.2) is 11.5 Å². The second kappa shape index (κ2) is 10.2. The summed E-state index contributed by atoms with van der Waals surface area (Å²) in [6, 6.07) is 5.69. The van der Waals surface area contributed by atoms with Crippen molar-refractivity contribution in [1.29, 1.82) is 0 Å². The summed E-state index contributed by atoms with van der Waals surface area (Å²) in [7, 11) is 1.61. The molecule has 0 spiro atoms. The van der Waals surface area contributed by atoms with Crippen LogP contribution in [0, 0.1) is 0 Å². The summed E-state index contributed by atoms with van der Waals surface area (Å²) in [5.41, 5.74) is 0.896. The summed E-state index contributed by atoms with van der Waals surface area (Å²) in [6.07, 6.45) is 1.74. The first-order chi connectivity index (χ1) is 15.6. The fraction of sp³-hybridized carbons (Fsp3) is 0.591. The minimum absolute atomic E-state index is 0.00423. The van der Waals surface area contributed by atoms with Crippen LogP contribution in [-0.4, -0.2) is 65.3 Å². The van der Waals surface area contributed by atoms with Gasteiger partial charge in [-0.2, -0.15) is 5.10 Å². The average molecular weight is 446 g/mol. The molecule has 3 heterocycles. The Balaban J connectivity index is 1.26. The number of methoxy groups -OCH3 is 1. The van der Waals surface area contributed by atoms with Gasteiger partial charge in [-0.15, -0.1) is 0 Å². The molecule has 0 radical (unpaired) electrons. The highest BCUT2D eigenvalue weighted by Gasteiger charge is 2.27. The Morgan fingerprint density at radius 2 is 2.03 bits per heavy atom. The third-order valence-electron chi connectivity index (χ3n) is 6.02. The van der Waals surface area contributed by atoms with Crippen LogP contribution in [0.15, 0.2) is 23.0 Å². The summed E-state index contributed by atoms with van der Waals surface area (Å²) in [4.78, 5) is 27.2. The van der Waals surface area contributed by atoms with Crippen molar-refractivity contribution >= 4 is 5.91 Å². The van der Waals surface area contributed by atoms with Crippen molar-refractivity contribution in [3.05, 3.63) is 40.1 Å². The molecular weight excluding hydrogens is 414 g/mol. The molecule has 0 saturated carbocycles. The van der Waals surface area contributed by atoms with Gasteiger partial charge >= 0.3 is 5.69 Å². The van der Waals surface area contributed by atoms with E-state index in [9.17, 15) is 9.59 Å². The zero-order chi connectivity index (χ0) is 22.5. The van der Waals surface area contributed by atoms with Crippen LogP contribution < -0.4 is 20.5 Å². The molecule has 10 nitrogen and oxygen atoms in total. The Hall–Kier alpha value is -2.85. The number of fused-ring (bicyclic) bond motifs is 1. The van der Waals surface area contributed by atoms with Gasteiger partial charge < -0.3 is 19.5 Å². The van der Waals surface area contributed by atoms with E-state index >= 15 is 0 Å². The van der Waals surface area contributed by atoms with E-state index in [1.54, 1.807) is 11.7 Å². The standard InChI is InChI=1S/C22H31N5O5/c1-3-26-21(24-27(22(26)29)10-11-30-2)17-6-8-25(9-7-17)14-20(28)23-13-16-4-5-18-19(12-16)32-15-31-18/h4-5,12,17H,3,6-11,13-15H2,1-2H3,(H,23,28). The van der Waals surface area contributed by atoms with Crippen molar-refractivity contribution in [2.75, 3.05) is 40.1 Å². The quantitative estimate of drug-likeness (QED) is 0.613. The maximum absolute atomic E-state index is 12.6. The second-order valence-corrected chi connectivity index (χ2v) is 8.12. The minimum Gasteiger partial charge on any atom is -0.454 e. The number of hydrogen-bond donors (Lipinski definition) is 1. The van der Waals surface area contributed by atoms with Gasteiger partial charge in [-0.25, -0.2) is 9.48 Å². The monoisotopic (exact) mass is 445 g/mol. The Kier molecular flexibility index (Phi) is 7.11. The first-order valence-corrected chi connectivity index (χ1v) is 11.1. The van der Waals surface area contributed by atoms with E-state index < -0.39 is 0 Å². The molecule has 1 N–H and O–H groups in total. The van der Waals surface area contributed by atoms with Gasteiger partial charge in [0.05, 0.1) is 19.7 Å². The minimum atomic E-state index is -0.0788. The lowest BCUT2D eigenvalue weighted by atomic mass is 9.96. The molecule has 1 aromatic heterocycles. The summed E-state index contributed by atoms with van der Waals surface area (Å²) < 4.78 is 19.0. The van der Waals surface area contributed by atoms with Crippen molar-refractivity contribution in [2.24, 2.45) is 0 Å². The number of piperidine rings is 1. The Morgan fingerprint density at radius 1 is 1.25 bits per heavy atom. The maximum atomic E-state index is 12.6. The molecule has 0 aliphatic carbocycles. The van der Waals surface area contributed by atoms with Crippen LogP contribution in [0.2, 0.25) is 0 Å². The van der Waals surface area contributed by atoms with Crippen molar-refractivity contribution in [1.82, 2.24) is 24.6 Å². The SMILES string of the molecule is CCn1c(C2CCN(CC(=O)NCc3ccc4c(c3)OCO4)CC2)nn(CCOC)c1=O. The van der Waals surface area contributed by atoms with E-state index in [0.717, 1.165) is 43.1 Å². The second-order valence-electron chi connectivity index (χ2n) is 8.12. The van der Waals surface area contributed by atoms with Gasteiger partial charge in [0.25, 0.3) is 0 Å². The zero-order valence-corrected chi connectivity index (χ0v) is 18.7. The number of ether oxygens (including phenoxy) is 3. The highest BCUT2D eigenvalue weighted by Crippen LogP contribution is 2.32. The highest BCUT2D eigenvalue weighted by atomic mass is 16.7. The van der Waals surface area contributed by atoms with Crippen LogP contribution in [0.4, 0.5) is 0 Å². The van der Waals surface area contributed by atoms with Crippen LogP contribution in [0.5, 0.6) is 11.5 Å². The Morgan fingerprint density at radius 3 is 2.78 bits per heavy atom. The lowest BCUT2D eigenvalue weighted by molar-refractivity contribution is -0.122. The number of amides is 1. The number of carbonyl (C=O) groups is 1. The summed E-state index contributed by atoms with van der Waals surface area (Å²) in [6.45, 7) is 6.13. The number of rotatable bonds is 9. The van der Waals surface area contributed by atoms with Gasteiger partial charge in [0.1, 0.15) is 5.82 Å². The van der Waals surface area contributed by atoms with Crippen LogP contribution in [0.25, 0.3) is 0 Å². The molecule has 2 aliphatic heterocycles. The largest absolute Gasteiger partial charge is 0.454 e. The van der Waals surface area contributed by atoms with Crippen LogP contribution in [0.1, 0.15) is 37.1 Å². The molecule has 0 unspecified atom stereocenters. The first-order valence-electron chi connectivity index (χ1n) is 11.1. The number of aromatic nitrogens is 3. The van der Waals surface area contributed by atoms with E-state index in [0.29, 0.717) is 38.5 Å². The predicted octanol–water partition coefficient (Wildman–Crippen LogP) is 0.936. The van der Waals surface area contributed by atoms with Gasteiger partial charge in [0.2, 0.25) is 12.7 Å². The van der Waals surface area contributed by atoms with E-state index in [4.69, 9.17) is 14.2 Å². The molecule has 0 bridgehead atoms. The van der Waals surface area contributed by atoms with Crippen molar-refractivity contribution in [3.63, 3.8) is 0 Å². The topological polar surface area (TPSA) is 99.9 Å². The molecule has 1 fully saturated rings. The van der Waals surface area contributed by atoms with E-state index in [1.165, 1.54) is 4.68 Å². The molecule has 1 aromatic carbocycles. The lowest BCUT2D eigenvalue weighted by Gasteiger charge is -2.30. The smallest absolute Gasteiger partial charge is 0.345 e. The fourth-order valence-corrected chi connectivity index (χ4v) is 4.24. The molecule has 174 valence electrons. The van der Waals surface area contributed by atoms with Crippen molar-refractivity contribution in [2.45, 2.75) is 45.3 Å². The number of nitrogens with one attached hydrogen (secondary N) is 1. The first kappa shape index (κ1) is 22.3. The van der Waals surface area contributed by atoms with E-state index in [-0.39, 0.29) is 24.3 Å². The highest BCUT2D eigenvalue weighted by molar-refractivity contribution is 5.78. The van der Waals surface area contributed by atoms with Gasteiger partial charge in [-0.1, -0.05) is 6.07 Å². The average Bonchev–Trinajstić information content (AvgIpc) is 3.40. The third-order valence-corrected chi connectivity index (χ3v) is 6.02. The number of benzene rings is 1. The molecule has 1 saturated heterocycles. The normalized spacial score (nSPS) is 16.4. The van der Waals surface area contributed by atoms with E-state index in [1.807, 2.05) is 25.1 Å². The molecule has 2 aliphatic rings. The number of hydrogen-bond acceptors (Lipinski definition) is 7. The molecule has 4 rings (SSSR count). The maximum Gasteiger partial charge on any atom is 0.345 e. The molecule has 1 amide bonds. The van der Waals surface area contributed by atoms with Gasteiger partial charge in [0, 0.05) is 26.1 Å².